The van der Waals surface area contributed by atoms with E-state index in [0.717, 1.165) is 13.1 Å². The molecule has 1 aromatic carbocycles. The monoisotopic (exact) mass is 118 g/mol. The summed E-state index contributed by atoms with van der Waals surface area (Å²) in [4.78, 5) is 0. The molecule has 1 radical (unpaired) electrons. The predicted octanol–water partition coefficient (Wildman–Crippen LogP) is 1.09. The van der Waals surface area contributed by atoms with Crippen LogP contribution in [-0.4, -0.2) is 0 Å². The summed E-state index contributed by atoms with van der Waals surface area (Å²) in [5.74, 6) is 0. The molecule has 0 atom stereocenters. The molecule has 0 aromatic heterocycles. The molecule has 0 aliphatic carbocycles. The molecule has 0 amide bonds. The Bertz CT molecular complexity index is 195. The summed E-state index contributed by atoms with van der Waals surface area (Å²) in [6.45, 7) is 2.05. The molecule has 2 rings (SSSR count). The summed E-state index contributed by atoms with van der Waals surface area (Å²) in [6.07, 6.45) is 0. The maximum Gasteiger partial charge on any atom is 0.0212 e. The molecule has 9 heavy (non-hydrogen) atoms. The number of benzene rings is 1. The quantitative estimate of drug-likeness (QED) is 0.537. The second-order valence-corrected chi connectivity index (χ2v) is 2.30. The van der Waals surface area contributed by atoms with Gasteiger partial charge in [-0.3, -0.25) is 0 Å². The van der Waals surface area contributed by atoms with E-state index in [1.807, 2.05) is 6.07 Å². The Morgan fingerprint density at radius 1 is 1.33 bits per heavy atom. The summed E-state index contributed by atoms with van der Waals surface area (Å²) in [5.41, 5.74) is 2.83. The van der Waals surface area contributed by atoms with Crippen LogP contribution in [-0.2, 0) is 13.1 Å². The SMILES string of the molecule is [c]1ccc2c(c1)CNC2. The number of fused-ring (bicyclic) bond motifs is 1. The van der Waals surface area contributed by atoms with Crippen molar-refractivity contribution in [3.8, 4) is 0 Å². The van der Waals surface area contributed by atoms with Gasteiger partial charge in [0.1, 0.15) is 0 Å². The van der Waals surface area contributed by atoms with Crippen LogP contribution in [0.15, 0.2) is 18.2 Å². The lowest BCUT2D eigenvalue weighted by Crippen LogP contribution is -1.99. The molecule has 0 saturated carbocycles. The molecule has 0 fully saturated rings. The van der Waals surface area contributed by atoms with Crippen LogP contribution in [0.4, 0.5) is 0 Å². The molecule has 1 N–H and O–H groups in total. The molecule has 0 bridgehead atoms. The molecule has 1 aliphatic heterocycles. The van der Waals surface area contributed by atoms with Crippen molar-refractivity contribution >= 4 is 0 Å². The molecule has 1 aliphatic rings. The van der Waals surface area contributed by atoms with Crippen molar-refractivity contribution in [2.45, 2.75) is 13.1 Å². The lowest BCUT2D eigenvalue weighted by atomic mass is 10.1. The average Bonchev–Trinajstić information content (AvgIpc) is 2.33. The summed E-state index contributed by atoms with van der Waals surface area (Å²) < 4.78 is 0. The van der Waals surface area contributed by atoms with Gasteiger partial charge in [-0.2, -0.15) is 0 Å². The smallest absolute Gasteiger partial charge is 0.0212 e. The van der Waals surface area contributed by atoms with E-state index in [9.17, 15) is 0 Å². The van der Waals surface area contributed by atoms with Crippen LogP contribution < -0.4 is 5.32 Å². The normalized spacial score (nSPS) is 15.6. The van der Waals surface area contributed by atoms with Crippen LogP contribution in [0.5, 0.6) is 0 Å². The fraction of sp³-hybridized carbons (Fsp3) is 0.250. The zero-order valence-electron chi connectivity index (χ0n) is 5.15. The average molecular weight is 118 g/mol. The van der Waals surface area contributed by atoms with Crippen LogP contribution in [0.1, 0.15) is 11.1 Å². The third-order valence-electron chi connectivity index (χ3n) is 1.68. The maximum absolute atomic E-state index is 3.27. The van der Waals surface area contributed by atoms with Crippen molar-refractivity contribution in [3.63, 3.8) is 0 Å². The topological polar surface area (TPSA) is 12.0 Å². The Morgan fingerprint density at radius 3 is 3.11 bits per heavy atom. The number of nitrogens with one attached hydrogen (secondary N) is 1. The second-order valence-electron chi connectivity index (χ2n) is 2.30. The summed E-state index contributed by atoms with van der Waals surface area (Å²) in [5, 5.41) is 3.27. The summed E-state index contributed by atoms with van der Waals surface area (Å²) >= 11 is 0. The van der Waals surface area contributed by atoms with Gasteiger partial charge < -0.3 is 5.32 Å². The zero-order chi connectivity index (χ0) is 6.10. The molecule has 1 nitrogen and oxygen atoms in total. The van der Waals surface area contributed by atoms with E-state index in [1.165, 1.54) is 11.1 Å². The Kier molecular flexibility index (Phi) is 1.03. The molecular formula is C8H8N. The fourth-order valence-corrected chi connectivity index (χ4v) is 1.17. The standard InChI is InChI=1S/C8H8N/c1-2-4-8-6-9-5-7(8)3-1/h1,3-4,9H,5-6H2. The first-order valence-electron chi connectivity index (χ1n) is 3.15. The van der Waals surface area contributed by atoms with Gasteiger partial charge in [-0.05, 0) is 23.3 Å². The minimum absolute atomic E-state index is 1.02. The first-order chi connectivity index (χ1) is 4.47. The highest BCUT2D eigenvalue weighted by Gasteiger charge is 2.06. The van der Waals surface area contributed by atoms with Crippen LogP contribution in [0.25, 0.3) is 0 Å². The highest BCUT2D eigenvalue weighted by Crippen LogP contribution is 2.12. The van der Waals surface area contributed by atoms with Gasteiger partial charge in [0.2, 0.25) is 0 Å². The Hall–Kier alpha value is -0.820. The number of hydrogen-bond donors (Lipinski definition) is 1. The highest BCUT2D eigenvalue weighted by molar-refractivity contribution is 5.29. The molecule has 1 heterocycles. The lowest BCUT2D eigenvalue weighted by Gasteiger charge is -1.91. The second kappa shape index (κ2) is 1.85. The minimum atomic E-state index is 1.02. The van der Waals surface area contributed by atoms with Crippen molar-refractivity contribution in [2.24, 2.45) is 0 Å². The van der Waals surface area contributed by atoms with Gasteiger partial charge >= 0.3 is 0 Å². The van der Waals surface area contributed by atoms with Gasteiger partial charge in [-0.15, -0.1) is 0 Å². The minimum Gasteiger partial charge on any atom is -0.309 e. The van der Waals surface area contributed by atoms with Gasteiger partial charge in [-0.1, -0.05) is 12.1 Å². The fourth-order valence-electron chi connectivity index (χ4n) is 1.17. The van der Waals surface area contributed by atoms with Gasteiger partial charge in [-0.25, -0.2) is 0 Å². The summed E-state index contributed by atoms with van der Waals surface area (Å²) in [7, 11) is 0. The first kappa shape index (κ1) is 5.00. The van der Waals surface area contributed by atoms with E-state index in [1.54, 1.807) is 0 Å². The molecule has 0 unspecified atom stereocenters. The van der Waals surface area contributed by atoms with Crippen molar-refractivity contribution in [1.29, 1.82) is 0 Å². The van der Waals surface area contributed by atoms with Crippen LogP contribution in [0.2, 0.25) is 0 Å². The van der Waals surface area contributed by atoms with Crippen LogP contribution in [0, 0.1) is 6.07 Å². The Balaban J connectivity index is 2.54. The molecule has 1 aromatic rings. The zero-order valence-corrected chi connectivity index (χ0v) is 5.15. The van der Waals surface area contributed by atoms with Gasteiger partial charge in [0.15, 0.2) is 0 Å². The third-order valence-corrected chi connectivity index (χ3v) is 1.68. The van der Waals surface area contributed by atoms with Crippen LogP contribution in [0.3, 0.4) is 0 Å². The molecule has 45 valence electrons. The molecule has 0 spiro atoms. The Morgan fingerprint density at radius 2 is 2.22 bits per heavy atom. The predicted molar refractivity (Wildman–Crippen MR) is 35.8 cm³/mol. The van der Waals surface area contributed by atoms with Gasteiger partial charge in [0.05, 0.1) is 0 Å². The molecule has 0 saturated heterocycles. The van der Waals surface area contributed by atoms with Crippen molar-refractivity contribution in [1.82, 2.24) is 5.32 Å². The van der Waals surface area contributed by atoms with Gasteiger partial charge in [0.25, 0.3) is 0 Å². The molecular weight excluding hydrogens is 110 g/mol. The number of rotatable bonds is 0. The largest absolute Gasteiger partial charge is 0.309 e. The van der Waals surface area contributed by atoms with E-state index in [4.69, 9.17) is 0 Å². The maximum atomic E-state index is 3.27. The third kappa shape index (κ3) is 0.736. The Labute approximate surface area is 54.7 Å². The van der Waals surface area contributed by atoms with Crippen molar-refractivity contribution < 1.29 is 0 Å². The van der Waals surface area contributed by atoms with E-state index < -0.39 is 0 Å². The van der Waals surface area contributed by atoms with E-state index in [2.05, 4.69) is 23.5 Å². The highest BCUT2D eigenvalue weighted by atomic mass is 14.9. The lowest BCUT2D eigenvalue weighted by molar-refractivity contribution is 0.765. The van der Waals surface area contributed by atoms with Crippen molar-refractivity contribution in [3.05, 3.63) is 35.4 Å². The number of hydrogen-bond acceptors (Lipinski definition) is 1. The van der Waals surface area contributed by atoms with Crippen molar-refractivity contribution in [2.75, 3.05) is 0 Å². The van der Waals surface area contributed by atoms with E-state index in [-0.39, 0.29) is 0 Å². The molecule has 1 heteroatoms. The summed E-state index contributed by atoms with van der Waals surface area (Å²) in [6, 6.07) is 9.19. The first-order valence-corrected chi connectivity index (χ1v) is 3.15. The van der Waals surface area contributed by atoms with Crippen LogP contribution >= 0.6 is 0 Å². The van der Waals surface area contributed by atoms with Gasteiger partial charge in [0, 0.05) is 13.1 Å². The van der Waals surface area contributed by atoms with E-state index in [0.29, 0.717) is 0 Å². The van der Waals surface area contributed by atoms with E-state index >= 15 is 0 Å².